The van der Waals surface area contributed by atoms with Crippen LogP contribution in [0, 0.1) is 0 Å². The van der Waals surface area contributed by atoms with E-state index in [1.807, 2.05) is 6.08 Å². The molecular weight excluding hydrogens is 911 g/mol. The normalized spacial score (nSPS) is 20.0. The van der Waals surface area contributed by atoms with Gasteiger partial charge in [-0.2, -0.15) is 0 Å². The van der Waals surface area contributed by atoms with Crippen LogP contribution in [0.1, 0.15) is 219 Å². The maximum absolute atomic E-state index is 13.1. The van der Waals surface area contributed by atoms with E-state index in [4.69, 9.17) is 9.47 Å². The van der Waals surface area contributed by atoms with E-state index >= 15 is 0 Å². The Balaban J connectivity index is 2.31. The third-order valence-corrected chi connectivity index (χ3v) is 13.0. The number of hydrogen-bond donors (Lipinski definition) is 6. The predicted octanol–water partition coefficient (Wildman–Crippen LogP) is 14.7. The van der Waals surface area contributed by atoms with E-state index < -0.39 is 49.5 Å². The van der Waals surface area contributed by atoms with Crippen LogP contribution in [0.25, 0.3) is 0 Å². The summed E-state index contributed by atoms with van der Waals surface area (Å²) in [5, 5.41) is 54.5. The first-order valence-corrected chi connectivity index (χ1v) is 29.3. The molecule has 7 unspecified atom stereocenters. The number of carbonyl (C=O) groups is 1. The standard InChI is InChI=1S/C64H107NO8/c1-3-5-7-9-11-13-15-17-19-21-23-25-27-28-29-30-32-34-36-38-40-42-44-46-48-50-52-54-60(68)65-57(56-72-64-63(71)62(70)61(69)59(55-66)73-64)58(67)53-51-49-47-45-43-41-39-37-35-33-31-26-24-22-20-18-16-14-12-10-8-6-4-2/h5,7,11,13,17,19,23,25,28-29,32,34-35,37-38,40,43,45,51,53,57-59,61-64,66-67,69-71H,3-4,6,8-10,12,14-16,18,20-22,24,26-27,30-31,33,36,39,41-42,44,46-50,52,54-56H2,1-2H3,(H,65,68)/b7-5-,13-11-,19-17-,25-23-,29-28-,34-32-,37-35+,40-38-,45-43+,53-51+. The Morgan fingerprint density at radius 1 is 0.479 bits per heavy atom. The van der Waals surface area contributed by atoms with Gasteiger partial charge < -0.3 is 40.3 Å². The molecule has 9 heteroatoms. The Morgan fingerprint density at radius 2 is 0.863 bits per heavy atom. The van der Waals surface area contributed by atoms with Gasteiger partial charge in [-0.05, 0) is 103 Å². The predicted molar refractivity (Wildman–Crippen MR) is 308 cm³/mol. The van der Waals surface area contributed by atoms with Crippen LogP contribution < -0.4 is 5.32 Å². The van der Waals surface area contributed by atoms with Crippen LogP contribution in [0.4, 0.5) is 0 Å². The molecule has 1 amide bonds. The van der Waals surface area contributed by atoms with Gasteiger partial charge in [0.2, 0.25) is 5.91 Å². The van der Waals surface area contributed by atoms with E-state index in [2.05, 4.69) is 129 Å². The summed E-state index contributed by atoms with van der Waals surface area (Å²) in [6.07, 6.45) is 71.1. The van der Waals surface area contributed by atoms with Crippen LogP contribution >= 0.6 is 0 Å². The Hall–Kier alpha value is -3.41. The Morgan fingerprint density at radius 3 is 1.32 bits per heavy atom. The number of amides is 1. The van der Waals surface area contributed by atoms with E-state index in [0.29, 0.717) is 6.42 Å². The van der Waals surface area contributed by atoms with Crippen molar-refractivity contribution in [2.75, 3.05) is 13.2 Å². The maximum atomic E-state index is 13.1. The second-order valence-electron chi connectivity index (χ2n) is 19.7. The second kappa shape index (κ2) is 52.0. The molecule has 7 atom stereocenters. The summed E-state index contributed by atoms with van der Waals surface area (Å²) in [7, 11) is 0. The van der Waals surface area contributed by atoms with E-state index in [1.165, 1.54) is 83.5 Å². The van der Waals surface area contributed by atoms with Crippen molar-refractivity contribution in [3.63, 3.8) is 0 Å². The van der Waals surface area contributed by atoms with Crippen LogP contribution in [0.5, 0.6) is 0 Å². The number of hydrogen-bond acceptors (Lipinski definition) is 8. The lowest BCUT2D eigenvalue weighted by Crippen LogP contribution is -2.60. The van der Waals surface area contributed by atoms with Crippen molar-refractivity contribution in [2.45, 2.75) is 262 Å². The SMILES string of the molecule is CC/C=C\C/C=C\C/C=C\C/C=C\C/C=C\C/C=C\C/C=C\CCCCCCCC(=O)NC(COC1OC(CO)C(O)C(O)C1O)C(O)/C=C/CC/C=C/CC/C=C/CCCCCCCCCCCCCCC. The molecule has 1 aliphatic rings. The fourth-order valence-corrected chi connectivity index (χ4v) is 8.40. The summed E-state index contributed by atoms with van der Waals surface area (Å²) >= 11 is 0. The molecule has 0 bridgehead atoms. The zero-order valence-corrected chi connectivity index (χ0v) is 46.1. The van der Waals surface area contributed by atoms with Crippen molar-refractivity contribution in [1.29, 1.82) is 0 Å². The van der Waals surface area contributed by atoms with Crippen molar-refractivity contribution in [3.8, 4) is 0 Å². The van der Waals surface area contributed by atoms with Gasteiger partial charge in [-0.3, -0.25) is 4.79 Å². The molecule has 0 aromatic carbocycles. The highest BCUT2D eigenvalue weighted by molar-refractivity contribution is 5.76. The number of nitrogens with one attached hydrogen (secondary N) is 1. The third-order valence-electron chi connectivity index (χ3n) is 13.0. The Labute approximate surface area is 446 Å². The smallest absolute Gasteiger partial charge is 0.220 e. The number of allylic oxidation sites excluding steroid dienone is 19. The molecule has 416 valence electrons. The minimum Gasteiger partial charge on any atom is -0.394 e. The molecule has 0 aliphatic carbocycles. The first-order valence-electron chi connectivity index (χ1n) is 29.3. The second-order valence-corrected chi connectivity index (χ2v) is 19.7. The molecule has 0 spiro atoms. The molecule has 1 fully saturated rings. The van der Waals surface area contributed by atoms with Gasteiger partial charge in [-0.15, -0.1) is 0 Å². The van der Waals surface area contributed by atoms with E-state index in [0.717, 1.165) is 116 Å². The summed E-state index contributed by atoms with van der Waals surface area (Å²) in [6, 6.07) is -0.849. The van der Waals surface area contributed by atoms with E-state index in [-0.39, 0.29) is 12.5 Å². The molecule has 9 nitrogen and oxygen atoms in total. The number of aliphatic hydroxyl groups excluding tert-OH is 5. The minimum absolute atomic E-state index is 0.214. The van der Waals surface area contributed by atoms with Gasteiger partial charge in [-0.1, -0.05) is 232 Å². The average Bonchev–Trinajstić information content (AvgIpc) is 3.39. The minimum atomic E-state index is -1.59. The number of aliphatic hydroxyl groups is 5. The zero-order chi connectivity index (χ0) is 52.9. The van der Waals surface area contributed by atoms with Crippen molar-refractivity contribution < 1.29 is 39.8 Å². The Kier molecular flexibility index (Phi) is 48.2. The van der Waals surface area contributed by atoms with Crippen molar-refractivity contribution in [1.82, 2.24) is 5.32 Å². The summed E-state index contributed by atoms with van der Waals surface area (Å²) in [6.45, 7) is 3.63. The lowest BCUT2D eigenvalue weighted by molar-refractivity contribution is -0.302. The lowest BCUT2D eigenvalue weighted by Gasteiger charge is -2.40. The summed E-state index contributed by atoms with van der Waals surface area (Å²) < 4.78 is 11.2. The van der Waals surface area contributed by atoms with Gasteiger partial charge in [0.15, 0.2) is 6.29 Å². The van der Waals surface area contributed by atoms with E-state index in [1.54, 1.807) is 6.08 Å². The van der Waals surface area contributed by atoms with Crippen LogP contribution in [-0.2, 0) is 14.3 Å². The van der Waals surface area contributed by atoms with Gasteiger partial charge in [0, 0.05) is 6.42 Å². The number of rotatable bonds is 48. The highest BCUT2D eigenvalue weighted by atomic mass is 16.7. The quantitative estimate of drug-likeness (QED) is 0.0261. The van der Waals surface area contributed by atoms with Crippen molar-refractivity contribution >= 4 is 5.91 Å². The van der Waals surface area contributed by atoms with Crippen LogP contribution in [-0.4, -0.2) is 87.5 Å². The van der Waals surface area contributed by atoms with Crippen LogP contribution in [0.3, 0.4) is 0 Å². The summed E-state index contributed by atoms with van der Waals surface area (Å²) in [4.78, 5) is 13.1. The molecule has 73 heavy (non-hydrogen) atoms. The third kappa shape index (κ3) is 41.5. The molecule has 1 heterocycles. The largest absolute Gasteiger partial charge is 0.394 e. The first-order chi connectivity index (χ1) is 35.8. The fourth-order valence-electron chi connectivity index (χ4n) is 8.40. The number of carbonyl (C=O) groups excluding carboxylic acids is 1. The van der Waals surface area contributed by atoms with Crippen molar-refractivity contribution in [3.05, 3.63) is 122 Å². The molecule has 0 saturated carbocycles. The van der Waals surface area contributed by atoms with E-state index in [9.17, 15) is 30.3 Å². The molecule has 0 aromatic rings. The zero-order valence-electron chi connectivity index (χ0n) is 46.1. The molecule has 6 N–H and O–H groups in total. The van der Waals surface area contributed by atoms with Gasteiger partial charge >= 0.3 is 0 Å². The van der Waals surface area contributed by atoms with Gasteiger partial charge in [0.05, 0.1) is 25.4 Å². The molecule has 0 aromatic heterocycles. The van der Waals surface area contributed by atoms with Crippen molar-refractivity contribution in [2.24, 2.45) is 0 Å². The topological polar surface area (TPSA) is 149 Å². The molecular formula is C64H107NO8. The van der Waals surface area contributed by atoms with Gasteiger partial charge in [0.25, 0.3) is 0 Å². The van der Waals surface area contributed by atoms with Crippen LogP contribution in [0.2, 0.25) is 0 Å². The number of unbranched alkanes of at least 4 members (excludes halogenated alkanes) is 20. The monoisotopic (exact) mass is 1020 g/mol. The molecule has 1 saturated heterocycles. The lowest BCUT2D eigenvalue weighted by atomic mass is 9.99. The van der Waals surface area contributed by atoms with Gasteiger partial charge in [0.1, 0.15) is 24.4 Å². The highest BCUT2D eigenvalue weighted by Gasteiger charge is 2.44. The highest BCUT2D eigenvalue weighted by Crippen LogP contribution is 2.23. The maximum Gasteiger partial charge on any atom is 0.220 e. The summed E-state index contributed by atoms with van der Waals surface area (Å²) in [5.74, 6) is -0.214. The molecule has 1 rings (SSSR count). The Bertz CT molecular complexity index is 1560. The number of ether oxygens (including phenoxy) is 2. The van der Waals surface area contributed by atoms with Crippen LogP contribution in [0.15, 0.2) is 122 Å². The first kappa shape index (κ1) is 67.6. The fraction of sp³-hybridized carbons (Fsp3) is 0.672. The molecule has 0 radical (unpaired) electrons. The van der Waals surface area contributed by atoms with Gasteiger partial charge in [-0.25, -0.2) is 0 Å². The average molecular weight is 1020 g/mol. The summed E-state index contributed by atoms with van der Waals surface area (Å²) in [5.41, 5.74) is 0. The molecule has 1 aliphatic heterocycles.